The SMILES string of the molecule is CC(C)CCNC(=O)COc1ccc(F)cc1C(C)O. The maximum absolute atomic E-state index is 13.1. The molecule has 0 heterocycles. The van der Waals surface area contributed by atoms with Crippen molar-refractivity contribution in [3.63, 3.8) is 0 Å². The Morgan fingerprint density at radius 3 is 2.70 bits per heavy atom. The number of halogens is 1. The number of carbonyl (C=O) groups is 1. The van der Waals surface area contributed by atoms with Gasteiger partial charge in [-0.1, -0.05) is 13.8 Å². The topological polar surface area (TPSA) is 58.6 Å². The van der Waals surface area contributed by atoms with Crippen LogP contribution in [0.5, 0.6) is 5.75 Å². The molecule has 1 aromatic carbocycles. The third kappa shape index (κ3) is 5.57. The van der Waals surface area contributed by atoms with E-state index in [-0.39, 0.29) is 12.5 Å². The van der Waals surface area contributed by atoms with Crippen molar-refractivity contribution in [1.82, 2.24) is 5.32 Å². The summed E-state index contributed by atoms with van der Waals surface area (Å²) in [7, 11) is 0. The van der Waals surface area contributed by atoms with Crippen LogP contribution in [0.2, 0.25) is 0 Å². The second-order valence-electron chi connectivity index (χ2n) is 5.18. The fourth-order valence-electron chi connectivity index (χ4n) is 1.67. The molecule has 0 saturated carbocycles. The summed E-state index contributed by atoms with van der Waals surface area (Å²) in [5.41, 5.74) is 0.333. The highest BCUT2D eigenvalue weighted by atomic mass is 19.1. The van der Waals surface area contributed by atoms with Gasteiger partial charge in [-0.15, -0.1) is 0 Å². The molecule has 0 aliphatic heterocycles. The number of ether oxygens (including phenoxy) is 1. The standard InChI is InChI=1S/C15H22FNO3/c1-10(2)6-7-17-15(19)9-20-14-5-4-12(16)8-13(14)11(3)18/h4-5,8,10-11,18H,6-7,9H2,1-3H3,(H,17,19). The van der Waals surface area contributed by atoms with Gasteiger partial charge >= 0.3 is 0 Å². The number of hydrogen-bond acceptors (Lipinski definition) is 3. The molecule has 1 amide bonds. The van der Waals surface area contributed by atoms with Crippen LogP contribution in [-0.2, 0) is 4.79 Å². The molecule has 5 heteroatoms. The van der Waals surface area contributed by atoms with Crippen molar-refractivity contribution in [3.8, 4) is 5.75 Å². The van der Waals surface area contributed by atoms with E-state index < -0.39 is 11.9 Å². The molecular weight excluding hydrogens is 261 g/mol. The molecule has 0 aliphatic rings. The molecule has 1 unspecified atom stereocenters. The molecule has 2 N–H and O–H groups in total. The van der Waals surface area contributed by atoms with Crippen LogP contribution in [0, 0.1) is 11.7 Å². The molecule has 0 saturated heterocycles. The minimum atomic E-state index is -0.857. The molecule has 20 heavy (non-hydrogen) atoms. The Kier molecular flexibility index (Phi) is 6.45. The predicted molar refractivity (Wildman–Crippen MR) is 75.0 cm³/mol. The lowest BCUT2D eigenvalue weighted by Gasteiger charge is -2.13. The highest BCUT2D eigenvalue weighted by molar-refractivity contribution is 5.77. The number of aliphatic hydroxyl groups is 1. The summed E-state index contributed by atoms with van der Waals surface area (Å²) in [5, 5.41) is 12.3. The van der Waals surface area contributed by atoms with Crippen LogP contribution in [0.25, 0.3) is 0 Å². The normalized spacial score (nSPS) is 12.3. The lowest BCUT2D eigenvalue weighted by atomic mass is 10.1. The minimum Gasteiger partial charge on any atom is -0.483 e. The van der Waals surface area contributed by atoms with Gasteiger partial charge in [0, 0.05) is 12.1 Å². The number of amides is 1. The number of hydrogen-bond donors (Lipinski definition) is 2. The van der Waals surface area contributed by atoms with Crippen molar-refractivity contribution in [3.05, 3.63) is 29.6 Å². The van der Waals surface area contributed by atoms with Gasteiger partial charge in [0.05, 0.1) is 6.10 Å². The number of rotatable bonds is 7. The Labute approximate surface area is 119 Å². The lowest BCUT2D eigenvalue weighted by Crippen LogP contribution is -2.30. The smallest absolute Gasteiger partial charge is 0.257 e. The van der Waals surface area contributed by atoms with Crippen molar-refractivity contribution in [2.45, 2.75) is 33.3 Å². The van der Waals surface area contributed by atoms with Crippen LogP contribution in [0.1, 0.15) is 38.9 Å². The molecule has 0 fully saturated rings. The van der Waals surface area contributed by atoms with Gasteiger partial charge in [0.2, 0.25) is 0 Å². The molecule has 1 aromatic rings. The summed E-state index contributed by atoms with van der Waals surface area (Å²) >= 11 is 0. The van der Waals surface area contributed by atoms with Gasteiger partial charge in [0.15, 0.2) is 6.61 Å². The molecule has 0 spiro atoms. The molecule has 0 aromatic heterocycles. The van der Waals surface area contributed by atoms with Gasteiger partial charge in [-0.05, 0) is 37.5 Å². The monoisotopic (exact) mass is 283 g/mol. The van der Waals surface area contributed by atoms with E-state index in [2.05, 4.69) is 19.2 Å². The van der Waals surface area contributed by atoms with Crippen molar-refractivity contribution in [1.29, 1.82) is 0 Å². The summed E-state index contributed by atoms with van der Waals surface area (Å²) in [5.74, 6) is 0.164. The van der Waals surface area contributed by atoms with E-state index in [1.54, 1.807) is 0 Å². The zero-order chi connectivity index (χ0) is 15.1. The second-order valence-corrected chi connectivity index (χ2v) is 5.18. The third-order valence-electron chi connectivity index (χ3n) is 2.82. The Bertz CT molecular complexity index is 447. The average Bonchev–Trinajstić information content (AvgIpc) is 2.36. The van der Waals surface area contributed by atoms with Crippen molar-refractivity contribution in [2.24, 2.45) is 5.92 Å². The van der Waals surface area contributed by atoms with E-state index in [1.165, 1.54) is 25.1 Å². The average molecular weight is 283 g/mol. The first-order chi connectivity index (χ1) is 9.40. The number of nitrogens with one attached hydrogen (secondary N) is 1. The summed E-state index contributed by atoms with van der Waals surface area (Å²) < 4.78 is 18.4. The summed E-state index contributed by atoms with van der Waals surface area (Å²) in [6, 6.07) is 3.85. The van der Waals surface area contributed by atoms with Gasteiger partial charge in [0.1, 0.15) is 11.6 Å². The van der Waals surface area contributed by atoms with Gasteiger partial charge in [-0.3, -0.25) is 4.79 Å². The second kappa shape index (κ2) is 7.85. The van der Waals surface area contributed by atoms with E-state index in [4.69, 9.17) is 4.74 Å². The molecule has 1 atom stereocenters. The van der Waals surface area contributed by atoms with Gasteiger partial charge < -0.3 is 15.2 Å². The maximum Gasteiger partial charge on any atom is 0.257 e. The maximum atomic E-state index is 13.1. The Hall–Kier alpha value is -1.62. The zero-order valence-electron chi connectivity index (χ0n) is 12.1. The number of aliphatic hydroxyl groups excluding tert-OH is 1. The largest absolute Gasteiger partial charge is 0.483 e. The lowest BCUT2D eigenvalue weighted by molar-refractivity contribution is -0.123. The molecule has 0 radical (unpaired) electrons. The summed E-state index contributed by atoms with van der Waals surface area (Å²) in [6.45, 7) is 6.13. The van der Waals surface area contributed by atoms with Crippen LogP contribution >= 0.6 is 0 Å². The van der Waals surface area contributed by atoms with E-state index >= 15 is 0 Å². The summed E-state index contributed by atoms with van der Waals surface area (Å²) in [6.07, 6.45) is 0.0472. The zero-order valence-corrected chi connectivity index (χ0v) is 12.1. The molecular formula is C15H22FNO3. The van der Waals surface area contributed by atoms with E-state index in [0.717, 1.165) is 6.42 Å². The summed E-state index contributed by atoms with van der Waals surface area (Å²) in [4.78, 5) is 11.6. The third-order valence-corrected chi connectivity index (χ3v) is 2.82. The number of benzene rings is 1. The fraction of sp³-hybridized carbons (Fsp3) is 0.533. The first-order valence-electron chi connectivity index (χ1n) is 6.77. The van der Waals surface area contributed by atoms with Crippen LogP contribution in [0.3, 0.4) is 0 Å². The fourth-order valence-corrected chi connectivity index (χ4v) is 1.67. The van der Waals surface area contributed by atoms with Gasteiger partial charge in [-0.2, -0.15) is 0 Å². The molecule has 0 bridgehead atoms. The number of carbonyl (C=O) groups excluding carboxylic acids is 1. The first-order valence-corrected chi connectivity index (χ1v) is 6.77. The van der Waals surface area contributed by atoms with Crippen molar-refractivity contribution < 1.29 is 19.0 Å². The molecule has 112 valence electrons. The van der Waals surface area contributed by atoms with E-state index in [0.29, 0.717) is 23.8 Å². The van der Waals surface area contributed by atoms with Crippen LogP contribution in [-0.4, -0.2) is 24.2 Å². The quantitative estimate of drug-likeness (QED) is 0.808. The van der Waals surface area contributed by atoms with Crippen LogP contribution < -0.4 is 10.1 Å². The van der Waals surface area contributed by atoms with Crippen LogP contribution in [0.4, 0.5) is 4.39 Å². The highest BCUT2D eigenvalue weighted by Crippen LogP contribution is 2.25. The minimum absolute atomic E-state index is 0.149. The van der Waals surface area contributed by atoms with E-state index in [1.807, 2.05) is 0 Å². The van der Waals surface area contributed by atoms with Crippen molar-refractivity contribution >= 4 is 5.91 Å². The van der Waals surface area contributed by atoms with Crippen molar-refractivity contribution in [2.75, 3.05) is 13.2 Å². The predicted octanol–water partition coefficient (Wildman–Crippen LogP) is 2.42. The molecule has 0 aliphatic carbocycles. The first kappa shape index (κ1) is 16.4. The van der Waals surface area contributed by atoms with Gasteiger partial charge in [0.25, 0.3) is 5.91 Å². The highest BCUT2D eigenvalue weighted by Gasteiger charge is 2.12. The Balaban J connectivity index is 2.51. The van der Waals surface area contributed by atoms with E-state index in [9.17, 15) is 14.3 Å². The Morgan fingerprint density at radius 2 is 2.10 bits per heavy atom. The van der Waals surface area contributed by atoms with Gasteiger partial charge in [-0.25, -0.2) is 4.39 Å². The molecule has 4 nitrogen and oxygen atoms in total. The Morgan fingerprint density at radius 1 is 1.40 bits per heavy atom. The van der Waals surface area contributed by atoms with Crippen LogP contribution in [0.15, 0.2) is 18.2 Å². The molecule has 1 rings (SSSR count).